The lowest BCUT2D eigenvalue weighted by atomic mass is 9.59. The van der Waals surface area contributed by atoms with Crippen molar-refractivity contribution in [2.75, 3.05) is 0 Å². The van der Waals surface area contributed by atoms with Crippen LogP contribution in [0.2, 0.25) is 5.02 Å². The molecule has 2 rings (SSSR count). The summed E-state index contributed by atoms with van der Waals surface area (Å²) in [7, 11) is 0. The van der Waals surface area contributed by atoms with E-state index < -0.39 is 0 Å². The number of hydrogen-bond acceptors (Lipinski definition) is 1. The molecule has 1 atom stereocenters. The fourth-order valence-corrected chi connectivity index (χ4v) is 2.93. The van der Waals surface area contributed by atoms with Gasteiger partial charge in [0, 0.05) is 16.5 Å². The van der Waals surface area contributed by atoms with Gasteiger partial charge in [0.25, 0.3) is 0 Å². The molecule has 0 amide bonds. The molecule has 1 unspecified atom stereocenters. The van der Waals surface area contributed by atoms with E-state index in [0.717, 1.165) is 17.9 Å². The van der Waals surface area contributed by atoms with Crippen molar-refractivity contribution < 1.29 is 0 Å². The van der Waals surface area contributed by atoms with Crippen molar-refractivity contribution in [1.82, 2.24) is 0 Å². The normalized spacial score (nSPS) is 17.9. The minimum atomic E-state index is 0. The van der Waals surface area contributed by atoms with E-state index in [2.05, 4.69) is 19.1 Å². The molecular weight excluding hydrogens is 289 g/mol. The summed E-state index contributed by atoms with van der Waals surface area (Å²) in [6.45, 7) is 2.20. The zero-order chi connectivity index (χ0) is 11.6. The molecule has 0 heterocycles. The predicted octanol–water partition coefficient (Wildman–Crippen LogP) is 4.73. The van der Waals surface area contributed by atoms with E-state index in [9.17, 15) is 0 Å². The number of halogens is 3. The molecule has 1 nitrogen and oxygen atoms in total. The minimum Gasteiger partial charge on any atom is -0.327 e. The molecule has 18 heavy (non-hydrogen) atoms. The Bertz CT molecular complexity index is 347. The van der Waals surface area contributed by atoms with Crippen LogP contribution in [0.5, 0.6) is 0 Å². The van der Waals surface area contributed by atoms with E-state index in [0.29, 0.717) is 6.04 Å². The van der Waals surface area contributed by atoms with Crippen LogP contribution < -0.4 is 5.73 Å². The van der Waals surface area contributed by atoms with Gasteiger partial charge in [-0.05, 0) is 37.0 Å². The van der Waals surface area contributed by atoms with Crippen molar-refractivity contribution in [3.05, 3.63) is 34.9 Å². The monoisotopic (exact) mass is 309 g/mol. The second-order valence-electron chi connectivity index (χ2n) is 4.91. The fourth-order valence-electron chi connectivity index (χ4n) is 2.80. The van der Waals surface area contributed by atoms with Gasteiger partial charge in [0.05, 0.1) is 0 Å². The molecular formula is C14H22Cl3N. The highest BCUT2D eigenvalue weighted by atomic mass is 35.5. The highest BCUT2D eigenvalue weighted by Crippen LogP contribution is 2.47. The van der Waals surface area contributed by atoms with Gasteiger partial charge in [-0.2, -0.15) is 0 Å². The summed E-state index contributed by atoms with van der Waals surface area (Å²) in [6, 6.07) is 8.56. The summed E-state index contributed by atoms with van der Waals surface area (Å²) in [5.41, 5.74) is 7.98. The number of hydrogen-bond donors (Lipinski definition) is 1. The molecule has 0 aromatic heterocycles. The van der Waals surface area contributed by atoms with Crippen molar-refractivity contribution >= 4 is 36.4 Å². The van der Waals surface area contributed by atoms with Crippen LogP contribution in [-0.2, 0) is 5.41 Å². The van der Waals surface area contributed by atoms with Gasteiger partial charge in [-0.3, -0.25) is 0 Å². The van der Waals surface area contributed by atoms with E-state index >= 15 is 0 Å². The molecule has 4 heteroatoms. The molecule has 0 bridgehead atoms. The van der Waals surface area contributed by atoms with Crippen LogP contribution in [-0.4, -0.2) is 6.04 Å². The summed E-state index contributed by atoms with van der Waals surface area (Å²) in [5, 5.41) is 0.808. The average Bonchev–Trinajstić information content (AvgIpc) is 2.19. The summed E-state index contributed by atoms with van der Waals surface area (Å²) in [4.78, 5) is 0. The molecule has 1 aliphatic rings. The maximum Gasteiger partial charge on any atom is 0.0406 e. The summed E-state index contributed by atoms with van der Waals surface area (Å²) >= 11 is 5.93. The van der Waals surface area contributed by atoms with E-state index in [-0.39, 0.29) is 30.2 Å². The van der Waals surface area contributed by atoms with Crippen molar-refractivity contribution in [3.63, 3.8) is 0 Å². The van der Waals surface area contributed by atoms with Crippen LogP contribution in [0.1, 0.15) is 44.6 Å². The van der Waals surface area contributed by atoms with Crippen molar-refractivity contribution in [2.24, 2.45) is 5.73 Å². The van der Waals surface area contributed by atoms with E-state index in [1.165, 1.54) is 24.8 Å². The van der Waals surface area contributed by atoms with Crippen LogP contribution in [0.25, 0.3) is 0 Å². The van der Waals surface area contributed by atoms with Crippen LogP contribution in [0.15, 0.2) is 24.3 Å². The minimum absolute atomic E-state index is 0. The lowest BCUT2D eigenvalue weighted by Gasteiger charge is -2.47. The Labute approximate surface area is 127 Å². The molecule has 1 aromatic carbocycles. The van der Waals surface area contributed by atoms with E-state index in [1.54, 1.807) is 0 Å². The van der Waals surface area contributed by atoms with Gasteiger partial charge in [0.15, 0.2) is 0 Å². The van der Waals surface area contributed by atoms with Crippen molar-refractivity contribution in [2.45, 2.75) is 50.5 Å². The number of nitrogens with two attached hydrogens (primary N) is 1. The largest absolute Gasteiger partial charge is 0.327 e. The number of rotatable bonds is 4. The summed E-state index contributed by atoms with van der Waals surface area (Å²) in [6.07, 6.45) is 6.05. The quantitative estimate of drug-likeness (QED) is 0.854. The van der Waals surface area contributed by atoms with E-state index in [4.69, 9.17) is 17.3 Å². The molecule has 1 fully saturated rings. The van der Waals surface area contributed by atoms with Gasteiger partial charge < -0.3 is 5.73 Å². The van der Waals surface area contributed by atoms with Gasteiger partial charge in [-0.15, -0.1) is 24.8 Å². The first-order valence-electron chi connectivity index (χ1n) is 6.20. The maximum absolute atomic E-state index is 6.36. The van der Waals surface area contributed by atoms with Gasteiger partial charge in [-0.25, -0.2) is 0 Å². The van der Waals surface area contributed by atoms with Crippen molar-refractivity contribution in [3.8, 4) is 0 Å². The summed E-state index contributed by atoms with van der Waals surface area (Å²) < 4.78 is 0. The SMILES string of the molecule is CCCC(N)C1(c2ccc(Cl)cc2)CCC1.Cl.Cl. The Morgan fingerprint density at radius 2 is 1.78 bits per heavy atom. The molecule has 0 radical (unpaired) electrons. The second kappa shape index (κ2) is 7.59. The first kappa shape index (κ1) is 18.0. The molecule has 0 saturated heterocycles. The molecule has 0 aliphatic heterocycles. The Hall–Kier alpha value is 0.0500. The Balaban J connectivity index is 0.00000144. The first-order valence-corrected chi connectivity index (χ1v) is 6.58. The molecule has 1 aromatic rings. The summed E-state index contributed by atoms with van der Waals surface area (Å²) in [5.74, 6) is 0. The zero-order valence-electron chi connectivity index (χ0n) is 10.7. The van der Waals surface area contributed by atoms with Crippen molar-refractivity contribution in [1.29, 1.82) is 0 Å². The molecule has 1 saturated carbocycles. The lowest BCUT2D eigenvalue weighted by molar-refractivity contribution is 0.188. The van der Waals surface area contributed by atoms with Crippen LogP contribution >= 0.6 is 36.4 Å². The van der Waals surface area contributed by atoms with Gasteiger partial charge >= 0.3 is 0 Å². The Morgan fingerprint density at radius 1 is 1.22 bits per heavy atom. The third kappa shape index (κ3) is 3.33. The third-order valence-electron chi connectivity index (χ3n) is 3.97. The predicted molar refractivity (Wildman–Crippen MR) is 84.4 cm³/mol. The smallest absolute Gasteiger partial charge is 0.0406 e. The lowest BCUT2D eigenvalue weighted by Crippen LogP contribution is -2.50. The fraction of sp³-hybridized carbons (Fsp3) is 0.571. The standard InChI is InChI=1S/C14H20ClN.2ClH/c1-2-4-13(16)14(9-3-10-14)11-5-7-12(15)8-6-11;;/h5-8,13H,2-4,9-10,16H2,1H3;2*1H. The molecule has 1 aliphatic carbocycles. The Kier molecular flexibility index (Phi) is 7.61. The number of benzene rings is 1. The van der Waals surface area contributed by atoms with Gasteiger partial charge in [-0.1, -0.05) is 43.5 Å². The first-order chi connectivity index (χ1) is 7.69. The van der Waals surface area contributed by atoms with Crippen LogP contribution in [0, 0.1) is 0 Å². The highest BCUT2D eigenvalue weighted by molar-refractivity contribution is 6.30. The van der Waals surface area contributed by atoms with E-state index in [1.807, 2.05) is 12.1 Å². The molecule has 2 N–H and O–H groups in total. The topological polar surface area (TPSA) is 26.0 Å². The average molecular weight is 311 g/mol. The maximum atomic E-state index is 6.36. The molecule has 104 valence electrons. The van der Waals surface area contributed by atoms with Gasteiger partial charge in [0.1, 0.15) is 0 Å². The van der Waals surface area contributed by atoms with Gasteiger partial charge in [0.2, 0.25) is 0 Å². The zero-order valence-corrected chi connectivity index (χ0v) is 13.1. The second-order valence-corrected chi connectivity index (χ2v) is 5.35. The van der Waals surface area contributed by atoms with Crippen LogP contribution in [0.3, 0.4) is 0 Å². The third-order valence-corrected chi connectivity index (χ3v) is 4.23. The van der Waals surface area contributed by atoms with Crippen LogP contribution in [0.4, 0.5) is 0 Å². The Morgan fingerprint density at radius 3 is 2.17 bits per heavy atom. The highest BCUT2D eigenvalue weighted by Gasteiger charge is 2.43. The molecule has 0 spiro atoms.